The Balaban J connectivity index is 1.88. The predicted octanol–water partition coefficient (Wildman–Crippen LogP) is 1.23. The van der Waals surface area contributed by atoms with Crippen molar-refractivity contribution in [2.75, 3.05) is 0 Å². The molecule has 2 aromatic carbocycles. The van der Waals surface area contributed by atoms with Gasteiger partial charge in [-0.25, -0.2) is 22.2 Å². The molecule has 0 radical (unpaired) electrons. The highest BCUT2D eigenvalue weighted by Crippen LogP contribution is 2.15. The Morgan fingerprint density at radius 1 is 1.20 bits per heavy atom. The standard InChI is InChI=1S/C15H12FN5O3S/c1-10-5-6-11(7-14(10)16)15(22)18-25(23,24)13-4-2-3-12(8-13)21-9-17-19-20-21/h2-9H,1H3,(H,18,22). The molecule has 0 aliphatic carbocycles. The molecule has 0 spiro atoms. The van der Waals surface area contributed by atoms with Gasteiger partial charge in [-0.2, -0.15) is 0 Å². The number of carbonyl (C=O) groups excluding carboxylic acids is 1. The van der Waals surface area contributed by atoms with Gasteiger partial charge in [-0.15, -0.1) is 5.10 Å². The molecule has 128 valence electrons. The van der Waals surface area contributed by atoms with Crippen molar-refractivity contribution in [3.8, 4) is 5.69 Å². The van der Waals surface area contributed by atoms with Gasteiger partial charge >= 0.3 is 0 Å². The number of amides is 1. The molecule has 3 rings (SSSR count). The van der Waals surface area contributed by atoms with E-state index in [0.717, 1.165) is 6.07 Å². The quantitative estimate of drug-likeness (QED) is 0.749. The van der Waals surface area contributed by atoms with Crippen LogP contribution < -0.4 is 4.72 Å². The maximum absolute atomic E-state index is 13.6. The van der Waals surface area contributed by atoms with Crippen molar-refractivity contribution in [2.24, 2.45) is 0 Å². The van der Waals surface area contributed by atoms with E-state index in [4.69, 9.17) is 0 Å². The molecular weight excluding hydrogens is 349 g/mol. The van der Waals surface area contributed by atoms with Gasteiger partial charge in [0.15, 0.2) is 0 Å². The third kappa shape index (κ3) is 3.53. The van der Waals surface area contributed by atoms with Crippen molar-refractivity contribution in [2.45, 2.75) is 11.8 Å². The second-order valence-electron chi connectivity index (χ2n) is 5.15. The van der Waals surface area contributed by atoms with Crippen LogP contribution in [0.15, 0.2) is 53.7 Å². The molecule has 25 heavy (non-hydrogen) atoms. The molecule has 0 saturated heterocycles. The molecule has 0 aliphatic rings. The van der Waals surface area contributed by atoms with E-state index in [9.17, 15) is 17.6 Å². The SMILES string of the molecule is Cc1ccc(C(=O)NS(=O)(=O)c2cccc(-n3cnnn3)c2)cc1F. The van der Waals surface area contributed by atoms with Crippen LogP contribution in [-0.2, 0) is 10.0 Å². The first-order valence-electron chi connectivity index (χ1n) is 7.03. The van der Waals surface area contributed by atoms with Crippen LogP contribution in [0, 0.1) is 12.7 Å². The number of nitrogens with zero attached hydrogens (tertiary/aromatic N) is 4. The Labute approximate surface area is 142 Å². The van der Waals surface area contributed by atoms with E-state index < -0.39 is 21.7 Å². The van der Waals surface area contributed by atoms with Crippen LogP contribution in [0.5, 0.6) is 0 Å². The van der Waals surface area contributed by atoms with E-state index in [1.54, 1.807) is 6.07 Å². The molecule has 0 fully saturated rings. The summed E-state index contributed by atoms with van der Waals surface area (Å²) >= 11 is 0. The molecule has 8 nitrogen and oxygen atoms in total. The average molecular weight is 361 g/mol. The smallest absolute Gasteiger partial charge is 0.265 e. The summed E-state index contributed by atoms with van der Waals surface area (Å²) < 4.78 is 41.5. The highest BCUT2D eigenvalue weighted by atomic mass is 32.2. The fourth-order valence-corrected chi connectivity index (χ4v) is 3.06. The van der Waals surface area contributed by atoms with Crippen LogP contribution in [0.3, 0.4) is 0 Å². The topological polar surface area (TPSA) is 107 Å². The number of benzene rings is 2. The number of nitrogens with one attached hydrogen (secondary N) is 1. The number of halogens is 1. The Morgan fingerprint density at radius 2 is 2.00 bits per heavy atom. The minimum Gasteiger partial charge on any atom is -0.268 e. The minimum absolute atomic E-state index is 0.0942. The molecule has 0 unspecified atom stereocenters. The third-order valence-corrected chi connectivity index (χ3v) is 4.73. The molecule has 0 saturated carbocycles. The molecule has 0 atom stereocenters. The van der Waals surface area contributed by atoms with Crippen molar-refractivity contribution in [1.82, 2.24) is 24.9 Å². The Kier molecular flexibility index (Phi) is 4.28. The molecule has 1 heterocycles. The van der Waals surface area contributed by atoms with E-state index in [0.29, 0.717) is 11.3 Å². The number of rotatable bonds is 4. The van der Waals surface area contributed by atoms with Gasteiger partial charge < -0.3 is 0 Å². The Hall–Kier alpha value is -3.14. The lowest BCUT2D eigenvalue weighted by Crippen LogP contribution is -2.30. The first kappa shape index (κ1) is 16.7. The van der Waals surface area contributed by atoms with Gasteiger partial charge in [-0.05, 0) is 53.2 Å². The Bertz CT molecular complexity index is 1040. The molecule has 10 heteroatoms. The van der Waals surface area contributed by atoms with Gasteiger partial charge in [0.1, 0.15) is 12.1 Å². The lowest BCUT2D eigenvalue weighted by Gasteiger charge is -2.09. The maximum atomic E-state index is 13.6. The monoisotopic (exact) mass is 361 g/mol. The molecule has 0 bridgehead atoms. The fourth-order valence-electron chi connectivity index (χ4n) is 2.05. The summed E-state index contributed by atoms with van der Waals surface area (Å²) in [5.74, 6) is -1.52. The largest absolute Gasteiger partial charge is 0.268 e. The lowest BCUT2D eigenvalue weighted by molar-refractivity contribution is 0.0981. The number of aromatic nitrogens is 4. The van der Waals surface area contributed by atoms with E-state index >= 15 is 0 Å². The van der Waals surface area contributed by atoms with Crippen LogP contribution in [0.1, 0.15) is 15.9 Å². The summed E-state index contributed by atoms with van der Waals surface area (Å²) in [5.41, 5.74) is 0.665. The van der Waals surface area contributed by atoms with Crippen LogP contribution in [0.2, 0.25) is 0 Å². The highest BCUT2D eigenvalue weighted by molar-refractivity contribution is 7.90. The van der Waals surface area contributed by atoms with Crippen LogP contribution in [0.25, 0.3) is 5.69 Å². The average Bonchev–Trinajstić information content (AvgIpc) is 3.11. The molecule has 0 aliphatic heterocycles. The van der Waals surface area contributed by atoms with Gasteiger partial charge in [-0.1, -0.05) is 12.1 Å². The number of carbonyl (C=O) groups is 1. The van der Waals surface area contributed by atoms with Crippen LogP contribution >= 0.6 is 0 Å². The number of hydrogen-bond donors (Lipinski definition) is 1. The summed E-state index contributed by atoms with van der Waals surface area (Å²) in [6.07, 6.45) is 1.30. The molecule has 1 N–H and O–H groups in total. The van der Waals surface area contributed by atoms with Gasteiger partial charge in [0.25, 0.3) is 15.9 Å². The molecule has 1 aromatic heterocycles. The molecular formula is C15H12FN5O3S. The van der Waals surface area contributed by atoms with Crippen molar-refractivity contribution < 1.29 is 17.6 Å². The summed E-state index contributed by atoms with van der Waals surface area (Å²) in [5, 5.41) is 10.6. The fraction of sp³-hybridized carbons (Fsp3) is 0.0667. The van der Waals surface area contributed by atoms with Crippen molar-refractivity contribution in [3.05, 3.63) is 65.7 Å². The van der Waals surface area contributed by atoms with Crippen LogP contribution in [-0.4, -0.2) is 34.5 Å². The first-order valence-corrected chi connectivity index (χ1v) is 8.52. The zero-order valence-electron chi connectivity index (χ0n) is 12.9. The summed E-state index contributed by atoms with van der Waals surface area (Å²) in [6, 6.07) is 9.45. The second kappa shape index (κ2) is 6.40. The second-order valence-corrected chi connectivity index (χ2v) is 6.83. The van der Waals surface area contributed by atoms with Crippen molar-refractivity contribution >= 4 is 15.9 Å². The number of aryl methyl sites for hydroxylation is 1. The molecule has 1 amide bonds. The van der Waals surface area contributed by atoms with E-state index in [1.165, 1.54) is 48.3 Å². The van der Waals surface area contributed by atoms with Gasteiger partial charge in [0.2, 0.25) is 0 Å². The van der Waals surface area contributed by atoms with Gasteiger partial charge in [-0.3, -0.25) is 4.79 Å². The zero-order valence-corrected chi connectivity index (χ0v) is 13.7. The zero-order chi connectivity index (χ0) is 18.0. The van der Waals surface area contributed by atoms with Gasteiger partial charge in [0.05, 0.1) is 10.6 Å². The third-order valence-electron chi connectivity index (χ3n) is 3.40. The van der Waals surface area contributed by atoms with E-state index in [2.05, 4.69) is 15.5 Å². The maximum Gasteiger partial charge on any atom is 0.265 e. The summed E-state index contributed by atoms with van der Waals surface area (Å²) in [7, 11) is -4.15. The molecule has 3 aromatic rings. The van der Waals surface area contributed by atoms with Crippen molar-refractivity contribution in [1.29, 1.82) is 0 Å². The van der Waals surface area contributed by atoms with Gasteiger partial charge in [0, 0.05) is 5.56 Å². The lowest BCUT2D eigenvalue weighted by atomic mass is 10.1. The Morgan fingerprint density at radius 3 is 2.68 bits per heavy atom. The summed E-state index contributed by atoms with van der Waals surface area (Å²) in [4.78, 5) is 12.0. The van der Waals surface area contributed by atoms with E-state index in [1.807, 2.05) is 4.72 Å². The predicted molar refractivity (Wildman–Crippen MR) is 84.9 cm³/mol. The van der Waals surface area contributed by atoms with Crippen molar-refractivity contribution in [3.63, 3.8) is 0 Å². The number of tetrazole rings is 1. The highest BCUT2D eigenvalue weighted by Gasteiger charge is 2.20. The van der Waals surface area contributed by atoms with Crippen LogP contribution in [0.4, 0.5) is 4.39 Å². The normalized spacial score (nSPS) is 11.3. The summed E-state index contributed by atoms with van der Waals surface area (Å²) in [6.45, 7) is 1.54. The van der Waals surface area contributed by atoms with E-state index in [-0.39, 0.29) is 10.5 Å². The number of hydrogen-bond acceptors (Lipinski definition) is 6. The number of sulfonamides is 1. The minimum atomic E-state index is -4.15. The first-order chi connectivity index (χ1) is 11.9.